The summed E-state index contributed by atoms with van der Waals surface area (Å²) in [6.45, 7) is 9.59. The largest absolute Gasteiger partial charge is 0.331 e. The van der Waals surface area contributed by atoms with E-state index >= 15 is 0 Å². The number of aromatic nitrogens is 2. The maximum absolute atomic E-state index is 5.89. The molecule has 4 heteroatoms. The van der Waals surface area contributed by atoms with Gasteiger partial charge in [-0.2, -0.15) is 11.8 Å². The van der Waals surface area contributed by atoms with Gasteiger partial charge in [0.25, 0.3) is 0 Å². The van der Waals surface area contributed by atoms with Gasteiger partial charge in [0.1, 0.15) is 0 Å². The lowest BCUT2D eigenvalue weighted by Crippen LogP contribution is -2.22. The van der Waals surface area contributed by atoms with E-state index in [4.69, 9.17) is 5.73 Å². The van der Waals surface area contributed by atoms with Crippen LogP contribution in [0.25, 0.3) is 0 Å². The van der Waals surface area contributed by atoms with Gasteiger partial charge in [0.15, 0.2) is 0 Å². The summed E-state index contributed by atoms with van der Waals surface area (Å²) < 4.78 is 2.29. The molecule has 0 aromatic carbocycles. The number of nitrogens with two attached hydrogens (primary N) is 1. The highest BCUT2D eigenvalue weighted by Crippen LogP contribution is 2.26. The van der Waals surface area contributed by atoms with E-state index in [1.807, 2.05) is 24.3 Å². The second kappa shape index (κ2) is 7.07. The number of hydrogen-bond donors (Lipinski definition) is 1. The summed E-state index contributed by atoms with van der Waals surface area (Å²) in [4.78, 5) is 4.30. The van der Waals surface area contributed by atoms with Crippen LogP contribution in [0.15, 0.2) is 12.5 Å². The van der Waals surface area contributed by atoms with Crippen molar-refractivity contribution in [3.63, 3.8) is 0 Å². The monoisotopic (exact) mass is 255 g/mol. The third-order valence-corrected chi connectivity index (χ3v) is 4.30. The molecule has 2 atom stereocenters. The van der Waals surface area contributed by atoms with Crippen LogP contribution in [0.3, 0.4) is 0 Å². The lowest BCUT2D eigenvalue weighted by molar-refractivity contribution is 0.457. The van der Waals surface area contributed by atoms with E-state index in [9.17, 15) is 0 Å². The molecule has 0 amide bonds. The number of hydrogen-bond acceptors (Lipinski definition) is 3. The Hall–Kier alpha value is -0.480. The molecule has 0 aliphatic carbocycles. The van der Waals surface area contributed by atoms with Crippen molar-refractivity contribution < 1.29 is 0 Å². The predicted octanol–water partition coefficient (Wildman–Crippen LogP) is 2.90. The summed E-state index contributed by atoms with van der Waals surface area (Å²) in [5.74, 6) is 3.27. The molecule has 0 aliphatic rings. The fraction of sp³-hybridized carbons (Fsp3) is 0.769. The van der Waals surface area contributed by atoms with Crippen molar-refractivity contribution in [1.82, 2.24) is 9.55 Å². The molecule has 0 fully saturated rings. The quantitative estimate of drug-likeness (QED) is 0.814. The Morgan fingerprint density at radius 3 is 2.65 bits per heavy atom. The van der Waals surface area contributed by atoms with Crippen LogP contribution in [0.5, 0.6) is 0 Å². The second-order valence-corrected chi connectivity index (χ2v) is 6.14. The Balaban J connectivity index is 2.83. The maximum atomic E-state index is 5.89. The molecule has 0 radical (unpaired) electrons. The third-order valence-electron chi connectivity index (χ3n) is 3.17. The number of thioether (sulfide) groups is 1. The van der Waals surface area contributed by atoms with Gasteiger partial charge in [-0.3, -0.25) is 0 Å². The fourth-order valence-corrected chi connectivity index (χ4v) is 2.81. The number of nitrogens with zero attached hydrogens (tertiary/aromatic N) is 2. The van der Waals surface area contributed by atoms with Crippen LogP contribution in [0.2, 0.25) is 0 Å². The molecule has 1 heterocycles. The summed E-state index contributed by atoms with van der Waals surface area (Å²) in [6, 6.07) is 0.491. The maximum Gasteiger partial charge on any atom is 0.0951 e. The molecular formula is C13H25N3S. The number of rotatable bonds is 7. The average molecular weight is 255 g/mol. The van der Waals surface area contributed by atoms with E-state index in [-0.39, 0.29) is 0 Å². The summed E-state index contributed by atoms with van der Waals surface area (Å²) in [7, 11) is 0. The first kappa shape index (κ1) is 14.6. The first-order valence-electron chi connectivity index (χ1n) is 6.41. The van der Waals surface area contributed by atoms with E-state index in [1.165, 1.54) is 11.4 Å². The van der Waals surface area contributed by atoms with Crippen molar-refractivity contribution in [3.8, 4) is 0 Å². The van der Waals surface area contributed by atoms with Gasteiger partial charge in [-0.05, 0) is 18.6 Å². The zero-order chi connectivity index (χ0) is 12.8. The second-order valence-electron chi connectivity index (χ2n) is 4.82. The first-order chi connectivity index (χ1) is 8.11. The van der Waals surface area contributed by atoms with Gasteiger partial charge in [0.05, 0.1) is 6.33 Å². The molecule has 3 nitrogen and oxygen atoms in total. The van der Waals surface area contributed by atoms with Crippen molar-refractivity contribution in [2.45, 2.75) is 39.7 Å². The minimum Gasteiger partial charge on any atom is -0.331 e. The Morgan fingerprint density at radius 1 is 1.41 bits per heavy atom. The highest BCUT2D eigenvalue weighted by molar-refractivity contribution is 7.99. The van der Waals surface area contributed by atoms with Crippen LogP contribution in [0, 0.1) is 5.92 Å². The van der Waals surface area contributed by atoms with Crippen LogP contribution >= 0.6 is 11.8 Å². The molecule has 17 heavy (non-hydrogen) atoms. The fourth-order valence-electron chi connectivity index (χ4n) is 2.07. The van der Waals surface area contributed by atoms with Gasteiger partial charge < -0.3 is 10.3 Å². The Morgan fingerprint density at radius 2 is 2.12 bits per heavy atom. The lowest BCUT2D eigenvalue weighted by atomic mass is 9.93. The van der Waals surface area contributed by atoms with E-state index in [1.54, 1.807) is 0 Å². The molecule has 0 saturated carbocycles. The highest BCUT2D eigenvalue weighted by Gasteiger charge is 2.20. The minimum absolute atomic E-state index is 0.409. The van der Waals surface area contributed by atoms with E-state index in [0.29, 0.717) is 24.4 Å². The standard InChI is InChI=1S/C13H25N3S/c1-5-17-8-11(4)16-9-15-7-13(16)12(6-14)10(2)3/h7,9-12H,5-6,8,14H2,1-4H3. The number of imidazole rings is 1. The molecule has 0 bridgehead atoms. The summed E-state index contributed by atoms with van der Waals surface area (Å²) in [5, 5.41) is 0. The average Bonchev–Trinajstić information content (AvgIpc) is 2.75. The molecule has 98 valence electrons. The molecular weight excluding hydrogens is 230 g/mol. The van der Waals surface area contributed by atoms with Gasteiger partial charge in [0.2, 0.25) is 0 Å². The van der Waals surface area contributed by atoms with Crippen molar-refractivity contribution in [1.29, 1.82) is 0 Å². The predicted molar refractivity (Wildman–Crippen MR) is 76.6 cm³/mol. The van der Waals surface area contributed by atoms with Crippen molar-refractivity contribution in [3.05, 3.63) is 18.2 Å². The van der Waals surface area contributed by atoms with E-state index in [2.05, 4.69) is 37.2 Å². The van der Waals surface area contributed by atoms with Gasteiger partial charge in [-0.15, -0.1) is 0 Å². The first-order valence-corrected chi connectivity index (χ1v) is 7.56. The molecule has 0 saturated heterocycles. The summed E-state index contributed by atoms with van der Waals surface area (Å²) in [5.41, 5.74) is 7.17. The van der Waals surface area contributed by atoms with E-state index < -0.39 is 0 Å². The van der Waals surface area contributed by atoms with Gasteiger partial charge in [-0.1, -0.05) is 20.8 Å². The molecule has 1 rings (SSSR count). The van der Waals surface area contributed by atoms with Crippen LogP contribution in [-0.4, -0.2) is 27.6 Å². The van der Waals surface area contributed by atoms with Gasteiger partial charge in [-0.25, -0.2) is 4.98 Å². The Labute approximate surface area is 109 Å². The lowest BCUT2D eigenvalue weighted by Gasteiger charge is -2.23. The Kier molecular flexibility index (Phi) is 6.06. The van der Waals surface area contributed by atoms with Crippen molar-refractivity contribution >= 4 is 11.8 Å². The normalized spacial score (nSPS) is 15.2. The molecule has 2 unspecified atom stereocenters. The zero-order valence-corrected chi connectivity index (χ0v) is 12.2. The van der Waals surface area contributed by atoms with E-state index in [0.717, 1.165) is 5.75 Å². The van der Waals surface area contributed by atoms with Crippen molar-refractivity contribution in [2.24, 2.45) is 11.7 Å². The van der Waals surface area contributed by atoms with Gasteiger partial charge >= 0.3 is 0 Å². The minimum atomic E-state index is 0.409. The Bertz CT molecular complexity index is 322. The smallest absolute Gasteiger partial charge is 0.0951 e. The SMILES string of the molecule is CCSCC(C)n1cncc1C(CN)C(C)C. The molecule has 0 spiro atoms. The topological polar surface area (TPSA) is 43.8 Å². The molecule has 1 aromatic rings. The molecule has 2 N–H and O–H groups in total. The highest BCUT2D eigenvalue weighted by atomic mass is 32.2. The molecule has 0 aliphatic heterocycles. The van der Waals surface area contributed by atoms with Crippen molar-refractivity contribution in [2.75, 3.05) is 18.1 Å². The molecule has 1 aromatic heterocycles. The third kappa shape index (κ3) is 3.75. The van der Waals surface area contributed by atoms with Crippen LogP contribution in [0.4, 0.5) is 0 Å². The van der Waals surface area contributed by atoms with Gasteiger partial charge in [0, 0.05) is 36.1 Å². The zero-order valence-electron chi connectivity index (χ0n) is 11.4. The van der Waals surface area contributed by atoms with Crippen LogP contribution in [-0.2, 0) is 0 Å². The van der Waals surface area contributed by atoms with Crippen LogP contribution < -0.4 is 5.73 Å². The summed E-state index contributed by atoms with van der Waals surface area (Å²) >= 11 is 1.97. The summed E-state index contributed by atoms with van der Waals surface area (Å²) in [6.07, 6.45) is 3.92. The van der Waals surface area contributed by atoms with Crippen LogP contribution in [0.1, 0.15) is 45.3 Å².